The zero-order valence-electron chi connectivity index (χ0n) is 24.8. The molecule has 6 N–H and O–H groups in total. The summed E-state index contributed by atoms with van der Waals surface area (Å²) in [4.78, 5) is 38.6. The molecule has 1 saturated heterocycles. The SMILES string of the molecule is C=C1[C@@H]2CC[C@H]3[C@]4(C)C[C@H](O[C@@H]5O[C@H](CO)[C@@H](O)[C@H](O)[C@H]5OC(=O)C(C)=CC)CC(C(=O)O)(C(=O)O)[C@H]4CC[C@]3(C2)[C@H]1O. The first-order valence-corrected chi connectivity index (χ1v) is 15.1. The number of ether oxygens (including phenoxy) is 3. The lowest BCUT2D eigenvalue weighted by atomic mass is 9.40. The zero-order valence-corrected chi connectivity index (χ0v) is 24.8. The monoisotopic (exact) mass is 608 g/mol. The minimum absolute atomic E-state index is 0.167. The van der Waals surface area contributed by atoms with Gasteiger partial charge in [0.1, 0.15) is 18.3 Å². The average Bonchev–Trinajstić information content (AvgIpc) is 3.14. The summed E-state index contributed by atoms with van der Waals surface area (Å²) in [6, 6.07) is 0. The zero-order chi connectivity index (χ0) is 31.6. The summed E-state index contributed by atoms with van der Waals surface area (Å²) in [5.41, 5.74) is -2.64. The standard InChI is InChI=1S/C31H44O12/c1-5-14(2)25(36)43-23-22(34)21(33)18(13-32)42-26(23)41-17-11-29(4)19-7-6-16-10-30(19,24(35)15(16)3)9-8-20(29)31(12-17,27(37)38)28(39)40/h5,16-24,26,32-35H,3,6-13H2,1-2,4H3,(H,37,38)(H,39,40)/t16-,17+,18-,19+,20+,21-,22+,23-,24+,26-,29+,30-/m1/s1. The molecule has 5 aliphatic rings. The lowest BCUT2D eigenvalue weighted by Gasteiger charge is -2.64. The molecule has 1 aliphatic heterocycles. The van der Waals surface area contributed by atoms with E-state index in [0.29, 0.717) is 19.3 Å². The molecule has 12 nitrogen and oxygen atoms in total. The van der Waals surface area contributed by atoms with E-state index in [1.807, 2.05) is 6.92 Å². The molecular weight excluding hydrogens is 564 g/mol. The van der Waals surface area contributed by atoms with Crippen LogP contribution in [0.15, 0.2) is 23.8 Å². The largest absolute Gasteiger partial charge is 0.480 e. The highest BCUT2D eigenvalue weighted by Gasteiger charge is 2.72. The van der Waals surface area contributed by atoms with E-state index in [9.17, 15) is 45.0 Å². The van der Waals surface area contributed by atoms with Gasteiger partial charge in [0.2, 0.25) is 0 Å². The van der Waals surface area contributed by atoms with E-state index < -0.39 is 96.0 Å². The number of hydrogen-bond acceptors (Lipinski definition) is 10. The predicted molar refractivity (Wildman–Crippen MR) is 148 cm³/mol. The molecule has 43 heavy (non-hydrogen) atoms. The van der Waals surface area contributed by atoms with Crippen molar-refractivity contribution < 1.29 is 59.2 Å². The second kappa shape index (κ2) is 11.2. The Morgan fingerprint density at radius 2 is 1.70 bits per heavy atom. The normalized spacial score (nSPS) is 45.6. The fourth-order valence-electron chi connectivity index (χ4n) is 9.59. The summed E-state index contributed by atoms with van der Waals surface area (Å²) in [5, 5.41) is 63.7. The number of esters is 1. The highest BCUT2D eigenvalue weighted by atomic mass is 16.7. The van der Waals surface area contributed by atoms with Gasteiger partial charge in [0.05, 0.1) is 18.8 Å². The molecule has 0 aromatic carbocycles. The van der Waals surface area contributed by atoms with Gasteiger partial charge >= 0.3 is 17.9 Å². The van der Waals surface area contributed by atoms with Crippen LogP contribution in [0.25, 0.3) is 0 Å². The Hall–Kier alpha value is -2.35. The van der Waals surface area contributed by atoms with Gasteiger partial charge in [-0.25, -0.2) is 4.79 Å². The topological polar surface area (TPSA) is 200 Å². The van der Waals surface area contributed by atoms with Gasteiger partial charge in [0.15, 0.2) is 17.8 Å². The molecule has 5 rings (SSSR count). The van der Waals surface area contributed by atoms with E-state index in [2.05, 4.69) is 6.58 Å². The Kier molecular flexibility index (Phi) is 8.37. The van der Waals surface area contributed by atoms with Crippen molar-refractivity contribution in [3.63, 3.8) is 0 Å². The van der Waals surface area contributed by atoms with E-state index in [1.54, 1.807) is 6.92 Å². The summed E-state index contributed by atoms with van der Waals surface area (Å²) < 4.78 is 17.5. The van der Waals surface area contributed by atoms with Crippen LogP contribution in [-0.4, -0.2) is 98.1 Å². The molecule has 2 bridgehead atoms. The van der Waals surface area contributed by atoms with Crippen LogP contribution >= 0.6 is 0 Å². The van der Waals surface area contributed by atoms with Gasteiger partial charge in [-0.1, -0.05) is 19.6 Å². The maximum atomic E-state index is 13.0. The van der Waals surface area contributed by atoms with Crippen LogP contribution in [0, 0.1) is 34.0 Å². The first-order chi connectivity index (χ1) is 20.2. The lowest BCUT2D eigenvalue weighted by molar-refractivity contribution is -0.323. The summed E-state index contributed by atoms with van der Waals surface area (Å²) in [6.07, 6.45) is -5.27. The highest BCUT2D eigenvalue weighted by Crippen LogP contribution is 2.72. The van der Waals surface area contributed by atoms with E-state index in [0.717, 1.165) is 18.4 Å². The smallest absolute Gasteiger partial charge is 0.333 e. The molecule has 12 atom stereocenters. The Morgan fingerprint density at radius 1 is 1.02 bits per heavy atom. The van der Waals surface area contributed by atoms with Gasteiger partial charge in [0.25, 0.3) is 0 Å². The van der Waals surface area contributed by atoms with Crippen molar-refractivity contribution in [3.8, 4) is 0 Å². The summed E-state index contributed by atoms with van der Waals surface area (Å²) in [5.74, 6) is -4.55. The fourth-order valence-corrected chi connectivity index (χ4v) is 9.59. The number of carboxylic acids is 2. The number of hydrogen-bond donors (Lipinski definition) is 6. The van der Waals surface area contributed by atoms with E-state index in [4.69, 9.17) is 14.2 Å². The Labute approximate surface area is 250 Å². The molecule has 1 spiro atoms. The van der Waals surface area contributed by atoms with Crippen LogP contribution in [0.5, 0.6) is 0 Å². The second-order valence-electron chi connectivity index (χ2n) is 13.6. The maximum Gasteiger partial charge on any atom is 0.333 e. The quantitative estimate of drug-likeness (QED) is 0.0799. The van der Waals surface area contributed by atoms with Crippen molar-refractivity contribution in [3.05, 3.63) is 23.8 Å². The van der Waals surface area contributed by atoms with Crippen molar-refractivity contribution in [1.82, 2.24) is 0 Å². The number of rotatable bonds is 7. The molecule has 1 heterocycles. The van der Waals surface area contributed by atoms with Crippen LogP contribution < -0.4 is 0 Å². The number of aliphatic hydroxyl groups excluding tert-OH is 4. The maximum absolute atomic E-state index is 13.0. The van der Waals surface area contributed by atoms with E-state index in [-0.39, 0.29) is 23.8 Å². The van der Waals surface area contributed by atoms with Crippen LogP contribution in [0.3, 0.4) is 0 Å². The van der Waals surface area contributed by atoms with Crippen LogP contribution in [-0.2, 0) is 28.6 Å². The van der Waals surface area contributed by atoms with E-state index in [1.165, 1.54) is 13.0 Å². The Bertz CT molecular complexity index is 1180. The van der Waals surface area contributed by atoms with Gasteiger partial charge < -0.3 is 44.8 Å². The first kappa shape index (κ1) is 32.1. The number of aliphatic hydroxyl groups is 4. The molecular formula is C31H44O12. The van der Waals surface area contributed by atoms with Crippen molar-refractivity contribution in [2.24, 2.45) is 34.0 Å². The molecule has 0 radical (unpaired) electrons. The summed E-state index contributed by atoms with van der Waals surface area (Å²) in [7, 11) is 0. The van der Waals surface area contributed by atoms with Gasteiger partial charge in [0, 0.05) is 17.4 Å². The first-order valence-electron chi connectivity index (χ1n) is 15.1. The lowest BCUT2D eigenvalue weighted by Crippen LogP contribution is -2.66. The predicted octanol–water partition coefficient (Wildman–Crippen LogP) is 1.39. The third-order valence-corrected chi connectivity index (χ3v) is 11.8. The third kappa shape index (κ3) is 4.67. The second-order valence-corrected chi connectivity index (χ2v) is 13.6. The molecule has 5 fully saturated rings. The molecule has 0 amide bonds. The molecule has 4 saturated carbocycles. The number of fused-ring (bicyclic) bond motifs is 3. The molecule has 12 heteroatoms. The minimum Gasteiger partial charge on any atom is -0.480 e. The number of aliphatic carboxylic acids is 2. The van der Waals surface area contributed by atoms with Gasteiger partial charge in [-0.05, 0) is 81.1 Å². The van der Waals surface area contributed by atoms with Crippen LogP contribution in [0.1, 0.15) is 65.7 Å². The molecule has 0 unspecified atom stereocenters. The van der Waals surface area contributed by atoms with Crippen molar-refractivity contribution in [2.45, 2.75) is 109 Å². The summed E-state index contributed by atoms with van der Waals surface area (Å²) >= 11 is 0. The Morgan fingerprint density at radius 3 is 2.30 bits per heavy atom. The molecule has 4 aliphatic carbocycles. The van der Waals surface area contributed by atoms with Gasteiger partial charge in [-0.15, -0.1) is 0 Å². The number of carbonyl (C=O) groups is 3. The van der Waals surface area contributed by atoms with E-state index >= 15 is 0 Å². The highest BCUT2D eigenvalue weighted by molar-refractivity contribution is 5.99. The summed E-state index contributed by atoms with van der Waals surface area (Å²) in [6.45, 7) is 8.48. The fraction of sp³-hybridized carbons (Fsp3) is 0.774. The number of carbonyl (C=O) groups excluding carboxylic acids is 1. The van der Waals surface area contributed by atoms with Crippen LogP contribution in [0.4, 0.5) is 0 Å². The van der Waals surface area contributed by atoms with Gasteiger partial charge in [-0.2, -0.15) is 0 Å². The van der Waals surface area contributed by atoms with Crippen LogP contribution in [0.2, 0.25) is 0 Å². The molecule has 240 valence electrons. The third-order valence-electron chi connectivity index (χ3n) is 11.8. The van der Waals surface area contributed by atoms with Crippen molar-refractivity contribution >= 4 is 17.9 Å². The van der Waals surface area contributed by atoms with Crippen molar-refractivity contribution in [1.29, 1.82) is 0 Å². The minimum atomic E-state index is -2.21. The molecule has 0 aromatic rings. The number of carboxylic acid groups (broad SMARTS) is 2. The molecule has 0 aromatic heterocycles. The average molecular weight is 609 g/mol. The number of allylic oxidation sites excluding steroid dienone is 1. The Balaban J connectivity index is 1.53. The van der Waals surface area contributed by atoms with Gasteiger partial charge in [-0.3, -0.25) is 9.59 Å². The van der Waals surface area contributed by atoms with Crippen molar-refractivity contribution in [2.75, 3.05) is 6.61 Å².